The van der Waals surface area contributed by atoms with E-state index in [0.717, 1.165) is 18.9 Å². The van der Waals surface area contributed by atoms with Gasteiger partial charge in [0.15, 0.2) is 11.5 Å². The number of rotatable bonds is 5. The molecule has 3 aromatic rings. The summed E-state index contributed by atoms with van der Waals surface area (Å²) in [5, 5.41) is 15.6. The Balaban J connectivity index is 1.44. The van der Waals surface area contributed by atoms with Crippen molar-refractivity contribution in [2.24, 2.45) is 0 Å². The van der Waals surface area contributed by atoms with Gasteiger partial charge < -0.3 is 10.2 Å². The van der Waals surface area contributed by atoms with Crippen molar-refractivity contribution < 1.29 is 9.18 Å². The molecule has 0 bridgehead atoms. The monoisotopic (exact) mass is 354 g/mol. The standard InChI is InChI=1S/C18H19FN6O/c19-13-4-3-5-14(12-13)20-18(26)9-8-16-22-21-15-6-7-17(23-25(15)16)24-10-1-2-11-24/h3-7,12H,1-2,8-11H2,(H,20,26). The van der Waals surface area contributed by atoms with Crippen LogP contribution in [-0.2, 0) is 11.2 Å². The smallest absolute Gasteiger partial charge is 0.224 e. The average molecular weight is 354 g/mol. The topological polar surface area (TPSA) is 75.4 Å². The van der Waals surface area contributed by atoms with Crippen LogP contribution < -0.4 is 10.2 Å². The SMILES string of the molecule is O=C(CCc1nnc2ccc(N3CCCC3)nn12)Nc1cccc(F)c1. The molecular weight excluding hydrogens is 335 g/mol. The van der Waals surface area contributed by atoms with E-state index in [2.05, 4.69) is 25.5 Å². The average Bonchev–Trinajstić information content (AvgIpc) is 3.29. The van der Waals surface area contributed by atoms with E-state index < -0.39 is 0 Å². The van der Waals surface area contributed by atoms with Gasteiger partial charge in [-0.25, -0.2) is 4.39 Å². The Morgan fingerprint density at radius 1 is 1.15 bits per heavy atom. The number of halogens is 1. The highest BCUT2D eigenvalue weighted by atomic mass is 19.1. The summed E-state index contributed by atoms with van der Waals surface area (Å²) in [5.41, 5.74) is 1.10. The third kappa shape index (κ3) is 3.49. The van der Waals surface area contributed by atoms with Gasteiger partial charge in [0.25, 0.3) is 0 Å². The zero-order valence-electron chi connectivity index (χ0n) is 14.2. The number of benzene rings is 1. The van der Waals surface area contributed by atoms with Gasteiger partial charge in [0.1, 0.15) is 11.6 Å². The molecular formula is C18H19FN6O. The molecule has 134 valence electrons. The Morgan fingerprint density at radius 2 is 2.00 bits per heavy atom. The Labute approximate surface area is 149 Å². The fraction of sp³-hybridized carbons (Fsp3) is 0.333. The van der Waals surface area contributed by atoms with Gasteiger partial charge in [-0.1, -0.05) is 6.07 Å². The first-order chi connectivity index (χ1) is 12.7. The minimum atomic E-state index is -0.384. The highest BCUT2D eigenvalue weighted by Crippen LogP contribution is 2.18. The molecule has 2 aromatic heterocycles. The van der Waals surface area contributed by atoms with E-state index in [1.165, 1.54) is 25.0 Å². The summed E-state index contributed by atoms with van der Waals surface area (Å²) in [6, 6.07) is 9.67. The van der Waals surface area contributed by atoms with Gasteiger partial charge in [-0.15, -0.1) is 15.3 Å². The van der Waals surface area contributed by atoms with Gasteiger partial charge in [0, 0.05) is 31.6 Å². The predicted molar refractivity (Wildman–Crippen MR) is 95.6 cm³/mol. The molecule has 0 saturated carbocycles. The van der Waals surface area contributed by atoms with Gasteiger partial charge in [-0.05, 0) is 43.2 Å². The molecule has 26 heavy (non-hydrogen) atoms. The first kappa shape index (κ1) is 16.4. The predicted octanol–water partition coefficient (Wildman–Crippen LogP) is 2.43. The molecule has 1 N–H and O–H groups in total. The highest BCUT2D eigenvalue weighted by molar-refractivity contribution is 5.90. The van der Waals surface area contributed by atoms with Crippen molar-refractivity contribution in [1.82, 2.24) is 19.8 Å². The molecule has 8 heteroatoms. The molecule has 0 atom stereocenters. The van der Waals surface area contributed by atoms with Crippen LogP contribution in [0.15, 0.2) is 36.4 Å². The largest absolute Gasteiger partial charge is 0.355 e. The molecule has 1 fully saturated rings. The van der Waals surface area contributed by atoms with E-state index >= 15 is 0 Å². The number of anilines is 2. The maximum absolute atomic E-state index is 13.2. The van der Waals surface area contributed by atoms with Gasteiger partial charge in [-0.3, -0.25) is 4.79 Å². The number of hydrogen-bond acceptors (Lipinski definition) is 5. The van der Waals surface area contributed by atoms with Crippen molar-refractivity contribution in [3.63, 3.8) is 0 Å². The first-order valence-electron chi connectivity index (χ1n) is 8.71. The summed E-state index contributed by atoms with van der Waals surface area (Å²) in [6.07, 6.45) is 2.97. The van der Waals surface area contributed by atoms with E-state index in [-0.39, 0.29) is 18.1 Å². The van der Waals surface area contributed by atoms with Gasteiger partial charge in [0.2, 0.25) is 5.91 Å². The number of nitrogens with zero attached hydrogens (tertiary/aromatic N) is 5. The van der Waals surface area contributed by atoms with Crippen LogP contribution in [0.4, 0.5) is 15.9 Å². The van der Waals surface area contributed by atoms with Crippen LogP contribution in [-0.4, -0.2) is 38.8 Å². The summed E-state index contributed by atoms with van der Waals surface area (Å²) < 4.78 is 14.9. The number of nitrogens with one attached hydrogen (secondary N) is 1. The Kier molecular flexibility index (Phi) is 4.47. The molecule has 4 rings (SSSR count). The lowest BCUT2D eigenvalue weighted by molar-refractivity contribution is -0.116. The number of hydrogen-bond donors (Lipinski definition) is 1. The van der Waals surface area contributed by atoms with Crippen molar-refractivity contribution >= 4 is 23.1 Å². The third-order valence-corrected chi connectivity index (χ3v) is 4.43. The van der Waals surface area contributed by atoms with E-state index in [1.807, 2.05) is 12.1 Å². The number of carbonyl (C=O) groups is 1. The summed E-state index contributed by atoms with van der Waals surface area (Å²) >= 11 is 0. The molecule has 1 amide bonds. The minimum absolute atomic E-state index is 0.206. The fourth-order valence-electron chi connectivity index (χ4n) is 3.11. The maximum atomic E-state index is 13.2. The lowest BCUT2D eigenvalue weighted by Gasteiger charge is -2.15. The number of fused-ring (bicyclic) bond motifs is 1. The number of aromatic nitrogens is 4. The van der Waals surface area contributed by atoms with Gasteiger partial charge in [-0.2, -0.15) is 4.52 Å². The summed E-state index contributed by atoms with van der Waals surface area (Å²) in [7, 11) is 0. The van der Waals surface area contributed by atoms with E-state index in [0.29, 0.717) is 23.6 Å². The lowest BCUT2D eigenvalue weighted by atomic mass is 10.2. The second-order valence-electron chi connectivity index (χ2n) is 6.33. The van der Waals surface area contributed by atoms with Crippen molar-refractivity contribution in [3.05, 3.63) is 48.0 Å². The van der Waals surface area contributed by atoms with Crippen molar-refractivity contribution in [2.75, 3.05) is 23.3 Å². The molecule has 0 unspecified atom stereocenters. The van der Waals surface area contributed by atoms with E-state index in [4.69, 9.17) is 0 Å². The highest BCUT2D eigenvalue weighted by Gasteiger charge is 2.16. The van der Waals surface area contributed by atoms with Crippen LogP contribution >= 0.6 is 0 Å². The Bertz CT molecular complexity index is 934. The molecule has 0 aliphatic carbocycles. The zero-order valence-corrected chi connectivity index (χ0v) is 14.2. The van der Waals surface area contributed by atoms with E-state index in [9.17, 15) is 9.18 Å². The van der Waals surface area contributed by atoms with Crippen LogP contribution in [0.5, 0.6) is 0 Å². The molecule has 7 nitrogen and oxygen atoms in total. The van der Waals surface area contributed by atoms with Crippen LogP contribution in [0.2, 0.25) is 0 Å². The molecule has 1 saturated heterocycles. The van der Waals surface area contributed by atoms with Gasteiger partial charge in [0.05, 0.1) is 0 Å². The van der Waals surface area contributed by atoms with Crippen LogP contribution in [0.3, 0.4) is 0 Å². The molecule has 3 heterocycles. The van der Waals surface area contributed by atoms with E-state index in [1.54, 1.807) is 16.6 Å². The van der Waals surface area contributed by atoms with Crippen molar-refractivity contribution in [2.45, 2.75) is 25.7 Å². The maximum Gasteiger partial charge on any atom is 0.224 e. The zero-order chi connectivity index (χ0) is 17.9. The molecule has 0 spiro atoms. The molecule has 1 aliphatic rings. The Morgan fingerprint density at radius 3 is 2.81 bits per heavy atom. The quantitative estimate of drug-likeness (QED) is 0.762. The minimum Gasteiger partial charge on any atom is -0.355 e. The number of carbonyl (C=O) groups excluding carboxylic acids is 1. The number of amides is 1. The second kappa shape index (κ2) is 7.07. The fourth-order valence-corrected chi connectivity index (χ4v) is 3.11. The van der Waals surface area contributed by atoms with Crippen molar-refractivity contribution in [1.29, 1.82) is 0 Å². The third-order valence-electron chi connectivity index (χ3n) is 4.43. The summed E-state index contributed by atoms with van der Waals surface area (Å²) in [6.45, 7) is 2.01. The Hall–Kier alpha value is -3.03. The van der Waals surface area contributed by atoms with Crippen LogP contribution in [0, 0.1) is 5.82 Å². The first-order valence-corrected chi connectivity index (χ1v) is 8.71. The van der Waals surface area contributed by atoms with Crippen molar-refractivity contribution in [3.8, 4) is 0 Å². The van der Waals surface area contributed by atoms with Crippen LogP contribution in [0.1, 0.15) is 25.1 Å². The summed E-state index contributed by atoms with van der Waals surface area (Å²) in [4.78, 5) is 14.3. The number of aryl methyl sites for hydroxylation is 1. The normalized spacial score (nSPS) is 14.1. The summed E-state index contributed by atoms with van der Waals surface area (Å²) in [5.74, 6) is 0.948. The lowest BCUT2D eigenvalue weighted by Crippen LogP contribution is -2.20. The molecule has 1 aromatic carbocycles. The molecule has 0 radical (unpaired) electrons. The second-order valence-corrected chi connectivity index (χ2v) is 6.33. The van der Waals surface area contributed by atoms with Gasteiger partial charge >= 0.3 is 0 Å². The van der Waals surface area contributed by atoms with Crippen LogP contribution in [0.25, 0.3) is 5.65 Å². The molecule has 1 aliphatic heterocycles.